The second kappa shape index (κ2) is 17.7. The molecule has 0 saturated carbocycles. The summed E-state index contributed by atoms with van der Waals surface area (Å²) in [5.41, 5.74) is 15.0. The summed E-state index contributed by atoms with van der Waals surface area (Å²) in [5, 5.41) is 3.60. The Morgan fingerprint density at radius 1 is 0.710 bits per heavy atom. The Kier molecular flexibility index (Phi) is 12.7. The number of aromatic nitrogens is 4. The smallest absolute Gasteiger partial charge is 0.120 e. The van der Waals surface area contributed by atoms with Crippen LogP contribution in [0.1, 0.15) is 82.6 Å². The third-order valence-corrected chi connectivity index (χ3v) is 13.7. The molecule has 4 heterocycles. The molecule has 0 aliphatic heterocycles. The molecule has 0 amide bonds. The van der Waals surface area contributed by atoms with Crippen LogP contribution in [0.5, 0.6) is 0 Å². The van der Waals surface area contributed by atoms with Crippen LogP contribution in [-0.4, -0.2) is 27.6 Å². The van der Waals surface area contributed by atoms with E-state index in [9.17, 15) is 0 Å². The molecule has 4 aromatic heterocycles. The van der Waals surface area contributed by atoms with Crippen LogP contribution in [0.15, 0.2) is 132 Å². The number of imidazole rings is 1. The van der Waals surface area contributed by atoms with Crippen LogP contribution in [0.25, 0.3) is 72.4 Å². The van der Waals surface area contributed by atoms with E-state index in [0.29, 0.717) is 0 Å². The van der Waals surface area contributed by atoms with Gasteiger partial charge in [-0.05, 0) is 75.5 Å². The molecule has 0 aliphatic rings. The molecule has 62 heavy (non-hydrogen) atoms. The standard InChI is InChI=1S/C40H38N3O.C15H18NSi.Ir/c1-24(2)31-20-27(26-14-9-8-10-15-26)21-32(25(3)4)37(31)43-34-23-41-22-33(40(5,6)7)36(34)42-39(43)30-18-13-17-29-28-16-11-12-19-35(28)44-38(29)30;1-12-10-14(13-8-6-5-7-9-13)16-11-15(12)17(2,3)4;/h8-17,19-25H,1-7H3;5-8,10-11H,1-4H3;/q2*-1;. The van der Waals surface area contributed by atoms with E-state index < -0.39 is 8.07 Å². The fourth-order valence-electron chi connectivity index (χ4n) is 8.45. The molecule has 0 atom stereocenters. The molecule has 0 saturated heterocycles. The molecule has 9 rings (SSSR count). The van der Waals surface area contributed by atoms with Gasteiger partial charge in [0.05, 0.1) is 36.7 Å². The zero-order valence-corrected chi connectivity index (χ0v) is 41.2. The number of hydrogen-bond donors (Lipinski definition) is 0. The van der Waals surface area contributed by atoms with E-state index in [0.717, 1.165) is 61.2 Å². The topological polar surface area (TPSA) is 56.7 Å². The Morgan fingerprint density at radius 2 is 1.39 bits per heavy atom. The number of rotatable bonds is 7. The first-order valence-corrected chi connectivity index (χ1v) is 25.0. The van der Waals surface area contributed by atoms with Gasteiger partial charge < -0.3 is 14.0 Å². The zero-order valence-electron chi connectivity index (χ0n) is 37.8. The van der Waals surface area contributed by atoms with Crippen LogP contribution in [-0.2, 0) is 25.5 Å². The summed E-state index contributed by atoms with van der Waals surface area (Å²) in [6, 6.07) is 44.6. The van der Waals surface area contributed by atoms with Crippen molar-refractivity contribution >= 4 is 46.2 Å². The monoisotopic (exact) mass is 1010 g/mol. The van der Waals surface area contributed by atoms with Crippen molar-refractivity contribution in [3.63, 3.8) is 0 Å². The third-order valence-electron chi connectivity index (χ3n) is 11.6. The number of benzene rings is 5. The maximum Gasteiger partial charge on any atom is 0.120 e. The predicted octanol–water partition coefficient (Wildman–Crippen LogP) is 14.4. The number of nitrogens with zero attached hydrogens (tertiary/aromatic N) is 4. The Bertz CT molecular complexity index is 2980. The number of fused-ring (bicyclic) bond motifs is 4. The maximum absolute atomic E-state index is 6.55. The van der Waals surface area contributed by atoms with E-state index in [-0.39, 0.29) is 37.4 Å². The minimum Gasteiger partial charge on any atom is -0.501 e. The number of pyridine rings is 2. The minimum absolute atomic E-state index is 0. The van der Waals surface area contributed by atoms with Gasteiger partial charge in [-0.2, -0.15) is 0 Å². The molecular formula is C55H56IrN4OSi-2. The van der Waals surface area contributed by atoms with Crippen molar-refractivity contribution in [2.24, 2.45) is 0 Å². The molecule has 0 bridgehead atoms. The van der Waals surface area contributed by atoms with Crippen molar-refractivity contribution in [1.82, 2.24) is 19.5 Å². The van der Waals surface area contributed by atoms with Gasteiger partial charge in [0, 0.05) is 49.1 Å². The van der Waals surface area contributed by atoms with E-state index in [1.54, 1.807) is 0 Å². The molecule has 0 unspecified atom stereocenters. The molecule has 317 valence electrons. The summed E-state index contributed by atoms with van der Waals surface area (Å²) in [4.78, 5) is 14.8. The van der Waals surface area contributed by atoms with Crippen LogP contribution >= 0.6 is 0 Å². The van der Waals surface area contributed by atoms with Crippen LogP contribution in [0, 0.1) is 19.1 Å². The molecule has 0 spiro atoms. The number of hydrogen-bond acceptors (Lipinski definition) is 4. The van der Waals surface area contributed by atoms with Gasteiger partial charge in [0.25, 0.3) is 0 Å². The van der Waals surface area contributed by atoms with Gasteiger partial charge in [-0.1, -0.05) is 139 Å². The van der Waals surface area contributed by atoms with Gasteiger partial charge in [-0.25, -0.2) is 0 Å². The number of para-hydroxylation sites is 1. The molecule has 7 heteroatoms. The second-order valence-corrected chi connectivity index (χ2v) is 23.9. The van der Waals surface area contributed by atoms with E-state index in [1.807, 2.05) is 48.8 Å². The number of aryl methyl sites for hydroxylation is 1. The number of furan rings is 1. The van der Waals surface area contributed by atoms with E-state index in [2.05, 4.69) is 176 Å². The van der Waals surface area contributed by atoms with Crippen molar-refractivity contribution in [1.29, 1.82) is 0 Å². The van der Waals surface area contributed by atoms with Crippen LogP contribution < -0.4 is 5.19 Å². The van der Waals surface area contributed by atoms with Crippen molar-refractivity contribution < 1.29 is 24.5 Å². The van der Waals surface area contributed by atoms with Gasteiger partial charge in [0.2, 0.25) is 0 Å². The molecule has 0 aliphatic carbocycles. The molecule has 0 fully saturated rings. The summed E-state index contributed by atoms with van der Waals surface area (Å²) in [6.07, 6.45) is 6.00. The molecule has 1 radical (unpaired) electrons. The average Bonchev–Trinajstić information content (AvgIpc) is 3.82. The van der Waals surface area contributed by atoms with Crippen molar-refractivity contribution in [3.05, 3.63) is 162 Å². The zero-order chi connectivity index (χ0) is 43.2. The summed E-state index contributed by atoms with van der Waals surface area (Å²) in [7, 11) is -1.27. The van der Waals surface area contributed by atoms with Crippen LogP contribution in [0.3, 0.4) is 0 Å². The normalized spacial score (nSPS) is 12.0. The van der Waals surface area contributed by atoms with Crippen molar-refractivity contribution in [2.45, 2.75) is 92.3 Å². The summed E-state index contributed by atoms with van der Waals surface area (Å²) in [6.45, 7) is 25.0. The average molecular weight is 1010 g/mol. The fraction of sp³-hybridized carbons (Fsp3) is 0.255. The molecule has 5 aromatic carbocycles. The predicted molar refractivity (Wildman–Crippen MR) is 259 cm³/mol. The maximum atomic E-state index is 6.55. The quantitative estimate of drug-likeness (QED) is 0.118. The van der Waals surface area contributed by atoms with Crippen LogP contribution in [0.4, 0.5) is 0 Å². The van der Waals surface area contributed by atoms with E-state index >= 15 is 0 Å². The van der Waals surface area contributed by atoms with Crippen LogP contribution in [0.2, 0.25) is 19.6 Å². The Morgan fingerprint density at radius 3 is 2.02 bits per heavy atom. The van der Waals surface area contributed by atoms with Gasteiger partial charge in [-0.3, -0.25) is 9.97 Å². The molecule has 0 N–H and O–H groups in total. The van der Waals surface area contributed by atoms with Gasteiger partial charge in [0.1, 0.15) is 5.58 Å². The second-order valence-electron chi connectivity index (χ2n) is 18.9. The first-order valence-electron chi connectivity index (χ1n) is 21.5. The van der Waals surface area contributed by atoms with Gasteiger partial charge in [-0.15, -0.1) is 54.1 Å². The summed E-state index contributed by atoms with van der Waals surface area (Å²) in [5.74, 6) is 1.35. The third kappa shape index (κ3) is 8.64. The molecule has 9 aromatic rings. The van der Waals surface area contributed by atoms with E-state index in [1.165, 1.54) is 38.7 Å². The van der Waals surface area contributed by atoms with E-state index in [4.69, 9.17) is 14.4 Å². The Labute approximate surface area is 382 Å². The van der Waals surface area contributed by atoms with Crippen molar-refractivity contribution in [2.75, 3.05) is 0 Å². The summed E-state index contributed by atoms with van der Waals surface area (Å²) < 4.78 is 8.90. The first kappa shape index (κ1) is 44.6. The van der Waals surface area contributed by atoms with Gasteiger partial charge >= 0.3 is 0 Å². The Balaban J connectivity index is 0.000000270. The fourth-order valence-corrected chi connectivity index (χ4v) is 10.2. The van der Waals surface area contributed by atoms with Gasteiger partial charge in [0.15, 0.2) is 0 Å². The summed E-state index contributed by atoms with van der Waals surface area (Å²) >= 11 is 0. The molecule has 5 nitrogen and oxygen atoms in total. The van der Waals surface area contributed by atoms with Crippen molar-refractivity contribution in [3.8, 4) is 39.5 Å². The Hall–Kier alpha value is -5.46. The molecular weight excluding hydrogens is 953 g/mol. The minimum atomic E-state index is -1.27. The SMILES string of the molecule is CC(C)c1cc(-c2ccccc2)cc(C(C)C)c1-n1c(-c2[c-]ccc3c2oc2ccccc23)nc2c(C(C)(C)C)cncc21.Cc1cc(-c2[c-]cccc2)ncc1[Si](C)(C)C.[Ir]. The largest absolute Gasteiger partial charge is 0.501 e. The first-order chi connectivity index (χ1) is 29.1.